The molecule has 11 rings (SSSR count). The second-order valence-corrected chi connectivity index (χ2v) is 14.9. The number of thiophene rings is 1. The topological polar surface area (TPSA) is 43.6 Å². The number of hydrogen-bond donors (Lipinski definition) is 0. The van der Waals surface area contributed by atoms with Crippen LogP contribution in [-0.4, -0.2) is 19.5 Å². The van der Waals surface area contributed by atoms with Gasteiger partial charge in [-0.3, -0.25) is 4.57 Å². The highest BCUT2D eigenvalue weighted by atomic mass is 32.2. The van der Waals surface area contributed by atoms with Crippen molar-refractivity contribution in [1.82, 2.24) is 19.5 Å². The molecule has 230 valence electrons. The predicted octanol–water partition coefficient (Wildman–Crippen LogP) is 11.6. The molecule has 1 aliphatic carbocycles. The van der Waals surface area contributed by atoms with Gasteiger partial charge in [-0.1, -0.05) is 115 Å². The predicted molar refractivity (Wildman–Crippen MR) is 205 cm³/mol. The maximum atomic E-state index is 5.39. The number of fused-ring (bicyclic) bond motifs is 12. The molecular weight excluding hydrogens is 637 g/mol. The molecule has 9 aromatic rings. The monoisotopic (exact) mass is 662 g/mol. The number of benzene rings is 6. The largest absolute Gasteiger partial charge is 0.278 e. The lowest BCUT2D eigenvalue weighted by molar-refractivity contribution is 0.811. The van der Waals surface area contributed by atoms with E-state index in [0.717, 1.165) is 22.3 Å². The molecule has 0 bridgehead atoms. The van der Waals surface area contributed by atoms with E-state index in [2.05, 4.69) is 132 Å². The lowest BCUT2D eigenvalue weighted by Gasteiger charge is -2.22. The van der Waals surface area contributed by atoms with Crippen molar-refractivity contribution in [2.75, 3.05) is 0 Å². The van der Waals surface area contributed by atoms with Crippen molar-refractivity contribution in [1.29, 1.82) is 0 Å². The third-order valence-corrected chi connectivity index (χ3v) is 12.6. The van der Waals surface area contributed by atoms with Crippen LogP contribution in [0.15, 0.2) is 144 Å². The molecule has 4 nitrogen and oxygen atoms in total. The van der Waals surface area contributed by atoms with Gasteiger partial charge < -0.3 is 0 Å². The SMILES string of the molecule is C1=CC2c3ccccc3SC2c2c1n(-c1nc(-c3ccccc3)nc(-c3cc4ccccc4c4c3sc3ccccc34)n1)c1ccccc21. The van der Waals surface area contributed by atoms with Gasteiger partial charge in [0.2, 0.25) is 5.95 Å². The summed E-state index contributed by atoms with van der Waals surface area (Å²) < 4.78 is 4.72. The van der Waals surface area contributed by atoms with Gasteiger partial charge in [0.1, 0.15) is 0 Å². The van der Waals surface area contributed by atoms with Crippen LogP contribution >= 0.6 is 23.1 Å². The average Bonchev–Trinajstić information content (AvgIpc) is 3.84. The Hall–Kier alpha value is -5.56. The van der Waals surface area contributed by atoms with E-state index >= 15 is 0 Å². The van der Waals surface area contributed by atoms with E-state index in [1.54, 1.807) is 0 Å². The van der Waals surface area contributed by atoms with E-state index in [1.807, 2.05) is 41.3 Å². The summed E-state index contributed by atoms with van der Waals surface area (Å²) in [5, 5.41) is 6.48. The summed E-state index contributed by atoms with van der Waals surface area (Å²) in [4.78, 5) is 17.2. The van der Waals surface area contributed by atoms with Gasteiger partial charge in [-0.2, -0.15) is 9.97 Å². The molecule has 6 heteroatoms. The first-order valence-corrected chi connectivity index (χ1v) is 18.2. The van der Waals surface area contributed by atoms with Crippen LogP contribution in [0.5, 0.6) is 0 Å². The molecule has 0 saturated heterocycles. The van der Waals surface area contributed by atoms with E-state index in [0.29, 0.717) is 23.5 Å². The summed E-state index contributed by atoms with van der Waals surface area (Å²) in [7, 11) is 0. The van der Waals surface area contributed by atoms with Crippen LogP contribution in [0.25, 0.3) is 76.6 Å². The zero-order valence-electron chi connectivity index (χ0n) is 26.1. The molecule has 6 aromatic carbocycles. The smallest absolute Gasteiger partial charge is 0.238 e. The van der Waals surface area contributed by atoms with Crippen LogP contribution in [0.4, 0.5) is 0 Å². The Kier molecular flexibility index (Phi) is 5.85. The molecule has 2 atom stereocenters. The first kappa shape index (κ1) is 27.4. The normalized spacial score (nSPS) is 16.4. The summed E-state index contributed by atoms with van der Waals surface area (Å²) in [6.07, 6.45) is 4.68. The highest BCUT2D eigenvalue weighted by Crippen LogP contribution is 2.59. The molecule has 0 spiro atoms. The highest BCUT2D eigenvalue weighted by molar-refractivity contribution is 8.00. The quantitative estimate of drug-likeness (QED) is 0.189. The first-order chi connectivity index (χ1) is 24.3. The summed E-state index contributed by atoms with van der Waals surface area (Å²) in [6, 6.07) is 47.5. The van der Waals surface area contributed by atoms with Gasteiger partial charge in [-0.05, 0) is 52.2 Å². The van der Waals surface area contributed by atoms with Crippen LogP contribution < -0.4 is 0 Å². The van der Waals surface area contributed by atoms with Crippen molar-refractivity contribution in [2.24, 2.45) is 0 Å². The Morgan fingerprint density at radius 2 is 1.37 bits per heavy atom. The van der Waals surface area contributed by atoms with E-state index in [-0.39, 0.29) is 5.25 Å². The van der Waals surface area contributed by atoms with E-state index < -0.39 is 0 Å². The van der Waals surface area contributed by atoms with Gasteiger partial charge >= 0.3 is 0 Å². The standard InChI is InChI=1S/C43H26N4S2/c1-2-12-25(13-3-1)41-44-42(32-24-26-14-4-5-15-27(26)37-31-18-8-11-21-36(31)49-40(32)37)46-43(45-41)47-33-19-9-6-17-30(33)38-34(47)23-22-29-28-16-7-10-20-35(28)48-39(29)38/h1-24,29,39H. The van der Waals surface area contributed by atoms with Crippen molar-refractivity contribution in [3.8, 4) is 28.7 Å². The van der Waals surface area contributed by atoms with Crippen molar-refractivity contribution < 1.29 is 0 Å². The molecule has 0 amide bonds. The first-order valence-electron chi connectivity index (χ1n) is 16.5. The van der Waals surface area contributed by atoms with E-state index in [1.165, 1.54) is 52.4 Å². The van der Waals surface area contributed by atoms with Gasteiger partial charge in [0.05, 0.1) is 11.2 Å². The number of thioether (sulfide) groups is 1. The zero-order chi connectivity index (χ0) is 32.1. The summed E-state index contributed by atoms with van der Waals surface area (Å²) >= 11 is 3.79. The van der Waals surface area contributed by atoms with Crippen LogP contribution in [0, 0.1) is 0 Å². The maximum absolute atomic E-state index is 5.39. The fourth-order valence-corrected chi connectivity index (χ4v) is 10.6. The number of para-hydroxylation sites is 1. The molecule has 2 aliphatic rings. The molecule has 4 heterocycles. The van der Waals surface area contributed by atoms with Crippen LogP contribution in [-0.2, 0) is 0 Å². The number of allylic oxidation sites excluding steroid dienone is 1. The third-order valence-electron chi connectivity index (χ3n) is 10.0. The molecule has 2 unspecified atom stereocenters. The number of hydrogen-bond acceptors (Lipinski definition) is 5. The Morgan fingerprint density at radius 3 is 2.29 bits per heavy atom. The van der Waals surface area contributed by atoms with Crippen LogP contribution in [0.3, 0.4) is 0 Å². The van der Waals surface area contributed by atoms with Gasteiger partial charge in [0.15, 0.2) is 11.6 Å². The molecule has 0 N–H and O–H groups in total. The molecular formula is C43H26N4S2. The van der Waals surface area contributed by atoms with Crippen molar-refractivity contribution >= 4 is 71.0 Å². The third kappa shape index (κ3) is 4.02. The van der Waals surface area contributed by atoms with Gasteiger partial charge in [0.25, 0.3) is 0 Å². The Bertz CT molecular complexity index is 2830. The fourth-order valence-electron chi connectivity index (χ4n) is 7.88. The van der Waals surface area contributed by atoms with Crippen molar-refractivity contribution in [3.63, 3.8) is 0 Å². The minimum atomic E-state index is 0.289. The molecule has 0 radical (unpaired) electrons. The molecule has 49 heavy (non-hydrogen) atoms. The zero-order valence-corrected chi connectivity index (χ0v) is 27.7. The van der Waals surface area contributed by atoms with E-state index in [9.17, 15) is 0 Å². The minimum absolute atomic E-state index is 0.289. The van der Waals surface area contributed by atoms with Crippen molar-refractivity contribution in [3.05, 3.63) is 156 Å². The second-order valence-electron chi connectivity index (χ2n) is 12.7. The molecule has 0 saturated carbocycles. The van der Waals surface area contributed by atoms with Gasteiger partial charge in [0, 0.05) is 52.7 Å². The minimum Gasteiger partial charge on any atom is -0.278 e. The summed E-state index contributed by atoms with van der Waals surface area (Å²) in [5.41, 5.74) is 7.00. The molecule has 3 aromatic heterocycles. The lowest BCUT2D eigenvalue weighted by Crippen LogP contribution is -2.11. The molecule has 0 fully saturated rings. The van der Waals surface area contributed by atoms with Crippen LogP contribution in [0.2, 0.25) is 0 Å². The summed E-state index contributed by atoms with van der Waals surface area (Å²) in [6.45, 7) is 0. The van der Waals surface area contributed by atoms with E-state index in [4.69, 9.17) is 15.0 Å². The van der Waals surface area contributed by atoms with Crippen LogP contribution in [0.1, 0.15) is 28.0 Å². The number of aromatic nitrogens is 4. The second kappa shape index (κ2) is 10.5. The molecule has 1 aliphatic heterocycles. The maximum Gasteiger partial charge on any atom is 0.238 e. The van der Waals surface area contributed by atoms with Gasteiger partial charge in [-0.25, -0.2) is 4.98 Å². The van der Waals surface area contributed by atoms with Crippen molar-refractivity contribution in [2.45, 2.75) is 16.1 Å². The van der Waals surface area contributed by atoms with Gasteiger partial charge in [-0.15, -0.1) is 23.1 Å². The number of rotatable bonds is 3. The lowest BCUT2D eigenvalue weighted by atomic mass is 9.86. The number of nitrogens with zero attached hydrogens (tertiary/aromatic N) is 4. The summed E-state index contributed by atoms with van der Waals surface area (Å²) in [5.74, 6) is 2.31. The Balaban J connectivity index is 1.21. The highest BCUT2D eigenvalue weighted by Gasteiger charge is 2.39. The Labute approximate surface area is 290 Å². The Morgan fingerprint density at radius 1 is 0.633 bits per heavy atom. The average molecular weight is 663 g/mol. The fraction of sp³-hybridized carbons (Fsp3) is 0.0465.